The van der Waals surface area contributed by atoms with Gasteiger partial charge in [0.15, 0.2) is 18.1 Å². The number of amides is 1. The highest BCUT2D eigenvalue weighted by atomic mass is 16.5. The molecule has 0 aliphatic heterocycles. The van der Waals surface area contributed by atoms with E-state index in [2.05, 4.69) is 24.4 Å². The van der Waals surface area contributed by atoms with Gasteiger partial charge in [-0.1, -0.05) is 32.0 Å². The predicted octanol–water partition coefficient (Wildman–Crippen LogP) is 3.83. The molecule has 0 fully saturated rings. The second-order valence-electron chi connectivity index (χ2n) is 6.09. The number of phenolic OH excluding ortho intramolecular Hbond substituents is 1. The van der Waals surface area contributed by atoms with Crippen molar-refractivity contribution in [2.75, 3.05) is 13.2 Å². The zero-order valence-electron chi connectivity index (χ0n) is 15.9. The van der Waals surface area contributed by atoms with Crippen molar-refractivity contribution in [1.29, 1.82) is 0 Å². The number of phenols is 1. The molecule has 0 spiro atoms. The molecule has 6 heteroatoms. The average molecular weight is 370 g/mol. The number of hydrogen-bond donors (Lipinski definition) is 2. The standard InChI is InChI=1S/C21H26N2O4/c1-4-15(3)16-9-11-18(12-10-16)27-14-20(24)23-22-13-17-7-6-8-19(21(17)25)26-5-2/h6-13,15,25H,4-5,14H2,1-3H3,(H,23,24)/b22-13-/t15-/m1/s1. The first-order chi connectivity index (χ1) is 13.0. The molecule has 6 nitrogen and oxygen atoms in total. The van der Waals surface area contributed by atoms with Crippen LogP contribution in [0.25, 0.3) is 0 Å². The van der Waals surface area contributed by atoms with Crippen molar-refractivity contribution < 1.29 is 19.4 Å². The maximum absolute atomic E-state index is 11.8. The number of rotatable bonds is 9. The zero-order valence-corrected chi connectivity index (χ0v) is 15.9. The topological polar surface area (TPSA) is 80.2 Å². The van der Waals surface area contributed by atoms with Crippen LogP contribution in [-0.4, -0.2) is 30.4 Å². The lowest BCUT2D eigenvalue weighted by molar-refractivity contribution is -0.123. The Morgan fingerprint density at radius 3 is 2.59 bits per heavy atom. The third-order valence-electron chi connectivity index (χ3n) is 4.15. The lowest BCUT2D eigenvalue weighted by Gasteiger charge is -2.10. The van der Waals surface area contributed by atoms with Gasteiger partial charge >= 0.3 is 0 Å². The zero-order chi connectivity index (χ0) is 19.6. The van der Waals surface area contributed by atoms with E-state index in [1.165, 1.54) is 11.8 Å². The Hall–Kier alpha value is -3.02. The molecule has 0 aliphatic carbocycles. The average Bonchev–Trinajstić information content (AvgIpc) is 2.69. The fourth-order valence-corrected chi connectivity index (χ4v) is 2.40. The number of nitrogens with zero attached hydrogens (tertiary/aromatic N) is 1. The number of aromatic hydroxyl groups is 1. The maximum atomic E-state index is 11.8. The van der Waals surface area contributed by atoms with Crippen molar-refractivity contribution in [2.45, 2.75) is 33.1 Å². The van der Waals surface area contributed by atoms with Gasteiger partial charge in [0.1, 0.15) is 5.75 Å². The molecule has 2 rings (SSSR count). The normalized spacial score (nSPS) is 12.0. The minimum atomic E-state index is -0.391. The first-order valence-corrected chi connectivity index (χ1v) is 9.04. The molecule has 0 saturated heterocycles. The Kier molecular flexibility index (Phi) is 7.67. The summed E-state index contributed by atoms with van der Waals surface area (Å²) in [5, 5.41) is 13.9. The van der Waals surface area contributed by atoms with Crippen molar-refractivity contribution in [3.05, 3.63) is 53.6 Å². The molecule has 144 valence electrons. The van der Waals surface area contributed by atoms with E-state index in [0.717, 1.165) is 6.42 Å². The van der Waals surface area contributed by atoms with Gasteiger partial charge in [0.05, 0.1) is 12.8 Å². The first kappa shape index (κ1) is 20.3. The molecule has 0 bridgehead atoms. The third-order valence-corrected chi connectivity index (χ3v) is 4.15. The molecule has 2 aromatic rings. The molecule has 0 saturated carbocycles. The number of ether oxygens (including phenoxy) is 2. The molecule has 27 heavy (non-hydrogen) atoms. The van der Waals surface area contributed by atoms with E-state index in [1.54, 1.807) is 18.2 Å². The monoisotopic (exact) mass is 370 g/mol. The van der Waals surface area contributed by atoms with Crippen LogP contribution in [0.5, 0.6) is 17.2 Å². The quantitative estimate of drug-likeness (QED) is 0.519. The van der Waals surface area contributed by atoms with E-state index < -0.39 is 5.91 Å². The number of hydrazone groups is 1. The van der Waals surface area contributed by atoms with E-state index in [1.807, 2.05) is 31.2 Å². The summed E-state index contributed by atoms with van der Waals surface area (Å²) in [6.45, 7) is 6.44. The second kappa shape index (κ2) is 10.2. The number of nitrogens with one attached hydrogen (secondary N) is 1. The first-order valence-electron chi connectivity index (χ1n) is 9.04. The van der Waals surface area contributed by atoms with Crippen LogP contribution in [0.15, 0.2) is 47.6 Å². The SMILES string of the molecule is CCOc1cccc(/C=N\NC(=O)COc2ccc([C@H](C)CC)cc2)c1O. The lowest BCUT2D eigenvalue weighted by atomic mass is 9.99. The minimum absolute atomic E-state index is 0.0185. The second-order valence-corrected chi connectivity index (χ2v) is 6.09. The smallest absolute Gasteiger partial charge is 0.277 e. The molecule has 0 unspecified atom stereocenters. The summed E-state index contributed by atoms with van der Waals surface area (Å²) >= 11 is 0. The van der Waals surface area contributed by atoms with Gasteiger partial charge in [-0.3, -0.25) is 4.79 Å². The molecule has 1 atom stereocenters. The van der Waals surface area contributed by atoms with E-state index in [0.29, 0.717) is 29.6 Å². The maximum Gasteiger partial charge on any atom is 0.277 e. The largest absolute Gasteiger partial charge is 0.504 e. The fraction of sp³-hybridized carbons (Fsp3) is 0.333. The van der Waals surface area contributed by atoms with Crippen LogP contribution in [0.2, 0.25) is 0 Å². The van der Waals surface area contributed by atoms with Crippen molar-refractivity contribution >= 4 is 12.1 Å². The number of benzene rings is 2. The van der Waals surface area contributed by atoms with Gasteiger partial charge in [-0.25, -0.2) is 5.43 Å². The Morgan fingerprint density at radius 2 is 1.93 bits per heavy atom. The molecule has 0 heterocycles. The van der Waals surface area contributed by atoms with Gasteiger partial charge < -0.3 is 14.6 Å². The van der Waals surface area contributed by atoms with Crippen LogP contribution < -0.4 is 14.9 Å². The fourth-order valence-electron chi connectivity index (χ4n) is 2.40. The lowest BCUT2D eigenvalue weighted by Crippen LogP contribution is -2.24. The Balaban J connectivity index is 1.84. The predicted molar refractivity (Wildman–Crippen MR) is 106 cm³/mol. The van der Waals surface area contributed by atoms with Gasteiger partial charge in [-0.15, -0.1) is 0 Å². The van der Waals surface area contributed by atoms with E-state index in [-0.39, 0.29) is 12.4 Å². The van der Waals surface area contributed by atoms with E-state index in [4.69, 9.17) is 9.47 Å². The van der Waals surface area contributed by atoms with Crippen LogP contribution in [-0.2, 0) is 4.79 Å². The van der Waals surface area contributed by atoms with Gasteiger partial charge in [-0.2, -0.15) is 5.10 Å². The summed E-state index contributed by atoms with van der Waals surface area (Å²) in [6, 6.07) is 12.8. The van der Waals surface area contributed by atoms with Crippen molar-refractivity contribution in [3.63, 3.8) is 0 Å². The highest BCUT2D eigenvalue weighted by molar-refractivity contribution is 5.86. The summed E-state index contributed by atoms with van der Waals surface area (Å²) < 4.78 is 10.8. The molecule has 0 aliphatic rings. The van der Waals surface area contributed by atoms with Gasteiger partial charge in [0.2, 0.25) is 0 Å². The van der Waals surface area contributed by atoms with E-state index >= 15 is 0 Å². The molecule has 2 aromatic carbocycles. The molecule has 2 N–H and O–H groups in total. The number of hydrogen-bond acceptors (Lipinski definition) is 5. The summed E-state index contributed by atoms with van der Waals surface area (Å²) in [5.41, 5.74) is 4.06. The highest BCUT2D eigenvalue weighted by Crippen LogP contribution is 2.28. The van der Waals surface area contributed by atoms with Crippen molar-refractivity contribution in [2.24, 2.45) is 5.10 Å². The van der Waals surface area contributed by atoms with Gasteiger partial charge in [-0.05, 0) is 49.1 Å². The van der Waals surface area contributed by atoms with Crippen molar-refractivity contribution in [1.82, 2.24) is 5.43 Å². The van der Waals surface area contributed by atoms with Gasteiger partial charge in [0, 0.05) is 5.56 Å². The third kappa shape index (κ3) is 6.02. The number of para-hydroxylation sites is 1. The van der Waals surface area contributed by atoms with E-state index in [9.17, 15) is 9.90 Å². The number of carbonyl (C=O) groups excluding carboxylic acids is 1. The van der Waals surface area contributed by atoms with Crippen molar-refractivity contribution in [3.8, 4) is 17.2 Å². The minimum Gasteiger partial charge on any atom is -0.504 e. The number of carbonyl (C=O) groups is 1. The summed E-state index contributed by atoms with van der Waals surface area (Å²) in [6.07, 6.45) is 2.43. The Morgan fingerprint density at radius 1 is 1.19 bits per heavy atom. The van der Waals surface area contributed by atoms with Crippen LogP contribution in [0.3, 0.4) is 0 Å². The molecule has 1 amide bonds. The highest BCUT2D eigenvalue weighted by Gasteiger charge is 2.07. The molecule has 0 aromatic heterocycles. The Labute approximate surface area is 159 Å². The van der Waals surface area contributed by atoms with Crippen LogP contribution in [0, 0.1) is 0 Å². The Bertz CT molecular complexity index is 772. The van der Waals surface area contributed by atoms with Crippen LogP contribution >= 0.6 is 0 Å². The summed E-state index contributed by atoms with van der Waals surface area (Å²) in [7, 11) is 0. The molecule has 0 radical (unpaired) electrons. The van der Waals surface area contributed by atoms with Crippen LogP contribution in [0.1, 0.15) is 44.2 Å². The molecular formula is C21H26N2O4. The molecular weight excluding hydrogens is 344 g/mol. The summed E-state index contributed by atoms with van der Waals surface area (Å²) in [5.74, 6) is 1.09. The van der Waals surface area contributed by atoms with Gasteiger partial charge in [0.25, 0.3) is 5.91 Å². The summed E-state index contributed by atoms with van der Waals surface area (Å²) in [4.78, 5) is 11.8. The van der Waals surface area contributed by atoms with Crippen LogP contribution in [0.4, 0.5) is 0 Å².